The topological polar surface area (TPSA) is 87.2 Å². The first-order chi connectivity index (χ1) is 9.04. The summed E-state index contributed by atoms with van der Waals surface area (Å²) in [6.45, 7) is 3.58. The molecule has 0 bridgehead atoms. The van der Waals surface area contributed by atoms with Gasteiger partial charge in [-0.25, -0.2) is 9.78 Å². The van der Waals surface area contributed by atoms with Gasteiger partial charge in [-0.2, -0.15) is 0 Å². The van der Waals surface area contributed by atoms with Crippen molar-refractivity contribution in [2.75, 3.05) is 12.3 Å². The molecule has 1 aromatic carbocycles. The third-order valence-corrected chi connectivity index (χ3v) is 2.85. The van der Waals surface area contributed by atoms with Crippen LogP contribution in [0.3, 0.4) is 0 Å². The predicted octanol–water partition coefficient (Wildman–Crippen LogP) is 1.10. The van der Waals surface area contributed by atoms with E-state index >= 15 is 0 Å². The molecular weight excluding hydrogens is 246 g/mol. The van der Waals surface area contributed by atoms with Gasteiger partial charge in [0.1, 0.15) is 6.04 Å². The standard InChI is InChI=1S/C13H15N3O3/c1-3-19-13(18)8(2)16-7-15-11-5-4-9(14)6-10(11)12(16)17/h4-8H,3,14H2,1-2H3. The lowest BCUT2D eigenvalue weighted by molar-refractivity contribution is -0.146. The highest BCUT2D eigenvalue weighted by atomic mass is 16.5. The zero-order valence-electron chi connectivity index (χ0n) is 10.8. The molecule has 6 heteroatoms. The summed E-state index contributed by atoms with van der Waals surface area (Å²) in [6.07, 6.45) is 1.35. The van der Waals surface area contributed by atoms with Crippen molar-refractivity contribution >= 4 is 22.6 Å². The van der Waals surface area contributed by atoms with Crippen LogP contribution in [-0.4, -0.2) is 22.1 Å². The number of carbonyl (C=O) groups is 1. The van der Waals surface area contributed by atoms with E-state index in [0.717, 1.165) is 0 Å². The van der Waals surface area contributed by atoms with Gasteiger partial charge in [0, 0.05) is 5.69 Å². The van der Waals surface area contributed by atoms with Crippen molar-refractivity contribution in [3.05, 3.63) is 34.9 Å². The second-order valence-electron chi connectivity index (χ2n) is 4.16. The number of esters is 1. The summed E-state index contributed by atoms with van der Waals surface area (Å²) < 4.78 is 6.15. The lowest BCUT2D eigenvalue weighted by Crippen LogP contribution is -2.29. The molecule has 1 atom stereocenters. The number of carbonyl (C=O) groups excluding carboxylic acids is 1. The molecule has 1 unspecified atom stereocenters. The van der Waals surface area contributed by atoms with E-state index in [1.807, 2.05) is 0 Å². The van der Waals surface area contributed by atoms with Gasteiger partial charge in [-0.15, -0.1) is 0 Å². The van der Waals surface area contributed by atoms with E-state index in [0.29, 0.717) is 16.6 Å². The Kier molecular flexibility index (Phi) is 3.50. The molecule has 0 amide bonds. The number of fused-ring (bicyclic) bond motifs is 1. The minimum absolute atomic E-state index is 0.270. The Balaban J connectivity index is 2.53. The number of hydrogen-bond donors (Lipinski definition) is 1. The van der Waals surface area contributed by atoms with Gasteiger partial charge in [0.15, 0.2) is 0 Å². The summed E-state index contributed by atoms with van der Waals surface area (Å²) >= 11 is 0. The van der Waals surface area contributed by atoms with Crippen LogP contribution >= 0.6 is 0 Å². The van der Waals surface area contributed by atoms with Crippen molar-refractivity contribution in [3.8, 4) is 0 Å². The van der Waals surface area contributed by atoms with Crippen LogP contribution in [0.25, 0.3) is 10.9 Å². The fraction of sp³-hybridized carbons (Fsp3) is 0.308. The molecule has 0 saturated carbocycles. The van der Waals surface area contributed by atoms with Gasteiger partial charge >= 0.3 is 5.97 Å². The highest BCUT2D eigenvalue weighted by Crippen LogP contribution is 2.13. The second-order valence-corrected chi connectivity index (χ2v) is 4.16. The maximum atomic E-state index is 12.3. The summed E-state index contributed by atoms with van der Waals surface area (Å²) in [4.78, 5) is 28.1. The Morgan fingerprint density at radius 2 is 2.26 bits per heavy atom. The van der Waals surface area contributed by atoms with Crippen LogP contribution in [0.1, 0.15) is 19.9 Å². The van der Waals surface area contributed by atoms with Crippen LogP contribution in [0.2, 0.25) is 0 Å². The minimum Gasteiger partial charge on any atom is -0.464 e. The summed E-state index contributed by atoms with van der Waals surface area (Å²) in [5, 5.41) is 0.388. The molecule has 0 fully saturated rings. The number of rotatable bonds is 3. The largest absolute Gasteiger partial charge is 0.464 e. The van der Waals surface area contributed by atoms with Crippen molar-refractivity contribution in [3.63, 3.8) is 0 Å². The molecule has 2 rings (SSSR count). The normalized spacial score (nSPS) is 12.3. The summed E-state index contributed by atoms with van der Waals surface area (Å²) in [5.41, 5.74) is 6.38. The van der Waals surface area contributed by atoms with Gasteiger partial charge in [0.2, 0.25) is 0 Å². The van der Waals surface area contributed by atoms with Crippen LogP contribution in [0, 0.1) is 0 Å². The number of hydrogen-bond acceptors (Lipinski definition) is 5. The molecule has 1 aromatic heterocycles. The molecule has 19 heavy (non-hydrogen) atoms. The number of nitrogen functional groups attached to an aromatic ring is 1. The van der Waals surface area contributed by atoms with Gasteiger partial charge in [-0.05, 0) is 32.0 Å². The molecular formula is C13H15N3O3. The fourth-order valence-electron chi connectivity index (χ4n) is 1.81. The predicted molar refractivity (Wildman–Crippen MR) is 71.8 cm³/mol. The highest BCUT2D eigenvalue weighted by molar-refractivity contribution is 5.81. The van der Waals surface area contributed by atoms with Gasteiger partial charge in [-0.3, -0.25) is 9.36 Å². The number of nitrogens with zero attached hydrogens (tertiary/aromatic N) is 2. The van der Waals surface area contributed by atoms with E-state index in [1.165, 1.54) is 10.9 Å². The van der Waals surface area contributed by atoms with Crippen LogP contribution in [0.5, 0.6) is 0 Å². The lowest BCUT2D eigenvalue weighted by Gasteiger charge is -2.13. The molecule has 6 nitrogen and oxygen atoms in total. The summed E-state index contributed by atoms with van der Waals surface area (Å²) in [5.74, 6) is -0.463. The quantitative estimate of drug-likeness (QED) is 0.660. The average molecular weight is 261 g/mol. The van der Waals surface area contributed by atoms with Gasteiger partial charge in [0.05, 0.1) is 23.8 Å². The SMILES string of the molecule is CCOC(=O)C(C)n1cnc2ccc(N)cc2c1=O. The number of nitrogens with two attached hydrogens (primary N) is 1. The van der Waals surface area contributed by atoms with E-state index in [9.17, 15) is 9.59 Å². The van der Waals surface area contributed by atoms with E-state index in [2.05, 4.69) is 4.98 Å². The van der Waals surface area contributed by atoms with E-state index in [1.54, 1.807) is 32.0 Å². The minimum atomic E-state index is -0.717. The Bertz CT molecular complexity index is 678. The van der Waals surface area contributed by atoms with Crippen molar-refractivity contribution in [1.29, 1.82) is 0 Å². The third kappa shape index (κ3) is 2.42. The monoisotopic (exact) mass is 261 g/mol. The van der Waals surface area contributed by atoms with Crippen LogP contribution < -0.4 is 11.3 Å². The molecule has 2 aromatic rings. The van der Waals surface area contributed by atoms with Gasteiger partial charge in [0.25, 0.3) is 5.56 Å². The molecule has 100 valence electrons. The van der Waals surface area contributed by atoms with Crippen molar-refractivity contribution < 1.29 is 9.53 Å². The van der Waals surface area contributed by atoms with Crippen LogP contribution in [0.4, 0.5) is 5.69 Å². The third-order valence-electron chi connectivity index (χ3n) is 2.85. The lowest BCUT2D eigenvalue weighted by atomic mass is 10.2. The molecule has 0 aliphatic rings. The van der Waals surface area contributed by atoms with Crippen molar-refractivity contribution in [2.24, 2.45) is 0 Å². The van der Waals surface area contributed by atoms with Gasteiger partial charge in [-0.1, -0.05) is 0 Å². The summed E-state index contributed by atoms with van der Waals surface area (Å²) in [7, 11) is 0. The molecule has 1 heterocycles. The Labute approximate surface area is 109 Å². The van der Waals surface area contributed by atoms with Crippen molar-refractivity contribution in [1.82, 2.24) is 9.55 Å². The Hall–Kier alpha value is -2.37. The second kappa shape index (κ2) is 5.09. The first-order valence-electron chi connectivity index (χ1n) is 5.97. The summed E-state index contributed by atoms with van der Waals surface area (Å²) in [6, 6.07) is 4.18. The molecule has 0 radical (unpaired) electrons. The Morgan fingerprint density at radius 3 is 2.95 bits per heavy atom. The van der Waals surface area contributed by atoms with Gasteiger partial charge < -0.3 is 10.5 Å². The molecule has 0 spiro atoms. The molecule has 0 aliphatic carbocycles. The smallest absolute Gasteiger partial charge is 0.328 e. The van der Waals surface area contributed by atoms with E-state index < -0.39 is 12.0 Å². The maximum absolute atomic E-state index is 12.3. The fourth-order valence-corrected chi connectivity index (χ4v) is 1.81. The molecule has 0 saturated heterocycles. The maximum Gasteiger partial charge on any atom is 0.328 e. The zero-order valence-corrected chi connectivity index (χ0v) is 10.8. The van der Waals surface area contributed by atoms with Crippen molar-refractivity contribution in [2.45, 2.75) is 19.9 Å². The number of benzene rings is 1. The molecule has 2 N–H and O–H groups in total. The highest BCUT2D eigenvalue weighted by Gasteiger charge is 2.18. The average Bonchev–Trinajstić information content (AvgIpc) is 2.39. The number of ether oxygens (including phenoxy) is 1. The van der Waals surface area contributed by atoms with E-state index in [4.69, 9.17) is 10.5 Å². The Morgan fingerprint density at radius 1 is 1.53 bits per heavy atom. The van der Waals surface area contributed by atoms with Crippen LogP contribution in [-0.2, 0) is 9.53 Å². The molecule has 0 aliphatic heterocycles. The first kappa shape index (κ1) is 13.1. The van der Waals surface area contributed by atoms with E-state index in [-0.39, 0.29) is 12.2 Å². The zero-order chi connectivity index (χ0) is 14.0. The number of anilines is 1. The number of aromatic nitrogens is 2. The first-order valence-corrected chi connectivity index (χ1v) is 5.97. The van der Waals surface area contributed by atoms with Crippen LogP contribution in [0.15, 0.2) is 29.3 Å².